The number of rotatable bonds is 5. The minimum absolute atomic E-state index is 0.0299. The smallest absolute Gasteiger partial charge is 0.240 e. The average molecular weight is 302 g/mol. The molecule has 2 rings (SSSR count). The largest absolute Gasteiger partial charge is 0.273 e. The van der Waals surface area contributed by atoms with Crippen LogP contribution < -0.4 is 16.3 Å². The number of benzene rings is 1. The second kappa shape index (κ2) is 7.51. The molecule has 0 aromatic heterocycles. The van der Waals surface area contributed by atoms with Gasteiger partial charge in [0.1, 0.15) is 0 Å². The molecule has 0 aliphatic carbocycles. The number of amides is 1. The molecule has 0 radical (unpaired) electrons. The van der Waals surface area contributed by atoms with Gasteiger partial charge in [0, 0.05) is 18.5 Å². The number of nitrogens with zero attached hydrogens (tertiary/aromatic N) is 1. The van der Waals surface area contributed by atoms with Crippen LogP contribution in [0.4, 0.5) is 0 Å². The summed E-state index contributed by atoms with van der Waals surface area (Å²) in [6, 6.07) is 8.89. The second-order valence-corrected chi connectivity index (χ2v) is 6.17. The molecule has 1 aromatic rings. The van der Waals surface area contributed by atoms with Crippen LogP contribution in [0.25, 0.3) is 0 Å². The monoisotopic (exact) mass is 302 g/mol. The number of nitrogens with one attached hydrogen (secondary N) is 3. The molecular formula is C17H26N4O. The lowest BCUT2D eigenvalue weighted by molar-refractivity contribution is -0.121. The molecule has 5 heteroatoms. The van der Waals surface area contributed by atoms with Gasteiger partial charge in [-0.1, -0.05) is 29.8 Å². The van der Waals surface area contributed by atoms with Gasteiger partial charge in [-0.2, -0.15) is 5.10 Å². The number of hydrogen-bond acceptors (Lipinski definition) is 4. The quantitative estimate of drug-likeness (QED) is 0.576. The van der Waals surface area contributed by atoms with Crippen molar-refractivity contribution in [2.24, 2.45) is 11.0 Å². The summed E-state index contributed by atoms with van der Waals surface area (Å²) in [7, 11) is 0. The predicted molar refractivity (Wildman–Crippen MR) is 89.5 cm³/mol. The third kappa shape index (κ3) is 4.39. The molecule has 1 amide bonds. The standard InChI is InChI=1S/C17H26N4O/c1-11-5-7-15(8-6-11)12(2)18-21-17(22)10-9-16-13(3)19-20-14(16)4/h5-8,13-14,16,19-20H,9-10H2,1-4H3,(H,21,22)/b18-12+. The molecule has 2 atom stereocenters. The summed E-state index contributed by atoms with van der Waals surface area (Å²) in [6.07, 6.45) is 1.35. The van der Waals surface area contributed by atoms with Crippen LogP contribution in [0.3, 0.4) is 0 Å². The topological polar surface area (TPSA) is 65.5 Å². The molecule has 1 fully saturated rings. The predicted octanol–water partition coefficient (Wildman–Crippen LogP) is 2.12. The van der Waals surface area contributed by atoms with Crippen LogP contribution in [0.5, 0.6) is 0 Å². The lowest BCUT2D eigenvalue weighted by atomic mass is 9.91. The molecule has 22 heavy (non-hydrogen) atoms. The zero-order valence-electron chi connectivity index (χ0n) is 13.8. The molecule has 1 aliphatic rings. The second-order valence-electron chi connectivity index (χ2n) is 6.17. The number of hydrazone groups is 1. The molecule has 0 spiro atoms. The summed E-state index contributed by atoms with van der Waals surface area (Å²) in [4.78, 5) is 11.9. The third-order valence-corrected chi connectivity index (χ3v) is 4.35. The van der Waals surface area contributed by atoms with Gasteiger partial charge in [0.25, 0.3) is 0 Å². The minimum Gasteiger partial charge on any atom is -0.273 e. The maximum absolute atomic E-state index is 11.9. The third-order valence-electron chi connectivity index (χ3n) is 4.35. The first-order valence-electron chi connectivity index (χ1n) is 7.88. The normalized spacial score (nSPS) is 25.3. The van der Waals surface area contributed by atoms with Gasteiger partial charge < -0.3 is 0 Å². The van der Waals surface area contributed by atoms with E-state index in [0.717, 1.165) is 17.7 Å². The maximum Gasteiger partial charge on any atom is 0.240 e. The molecule has 1 aliphatic heterocycles. The summed E-state index contributed by atoms with van der Waals surface area (Å²) in [5.74, 6) is 0.436. The van der Waals surface area contributed by atoms with Crippen LogP contribution >= 0.6 is 0 Å². The van der Waals surface area contributed by atoms with E-state index < -0.39 is 0 Å². The Morgan fingerprint density at radius 1 is 1.18 bits per heavy atom. The molecule has 5 nitrogen and oxygen atoms in total. The Balaban J connectivity index is 1.81. The molecule has 0 bridgehead atoms. The van der Waals surface area contributed by atoms with Gasteiger partial charge in [0.15, 0.2) is 0 Å². The fourth-order valence-corrected chi connectivity index (χ4v) is 2.77. The van der Waals surface area contributed by atoms with Crippen LogP contribution in [0.1, 0.15) is 44.7 Å². The van der Waals surface area contributed by atoms with Crippen LogP contribution in [0.15, 0.2) is 29.4 Å². The van der Waals surface area contributed by atoms with Crippen molar-refractivity contribution >= 4 is 11.6 Å². The molecule has 1 heterocycles. The van der Waals surface area contributed by atoms with E-state index in [4.69, 9.17) is 0 Å². The fraction of sp³-hybridized carbons (Fsp3) is 0.529. The molecular weight excluding hydrogens is 276 g/mol. The zero-order valence-corrected chi connectivity index (χ0v) is 13.8. The van der Waals surface area contributed by atoms with E-state index in [2.05, 4.69) is 35.2 Å². The molecule has 120 valence electrons. The summed E-state index contributed by atoms with van der Waals surface area (Å²) in [5, 5.41) is 4.19. The maximum atomic E-state index is 11.9. The molecule has 3 N–H and O–H groups in total. The number of hydrogen-bond donors (Lipinski definition) is 3. The number of aryl methyl sites for hydroxylation is 1. The van der Waals surface area contributed by atoms with Crippen molar-refractivity contribution in [3.63, 3.8) is 0 Å². The van der Waals surface area contributed by atoms with Crippen molar-refractivity contribution in [3.8, 4) is 0 Å². The Hall–Kier alpha value is -1.72. The van der Waals surface area contributed by atoms with Gasteiger partial charge in [-0.05, 0) is 45.6 Å². The number of carbonyl (C=O) groups excluding carboxylic acids is 1. The summed E-state index contributed by atoms with van der Waals surface area (Å²) < 4.78 is 0. The summed E-state index contributed by atoms with van der Waals surface area (Å²) >= 11 is 0. The first-order valence-corrected chi connectivity index (χ1v) is 7.88. The van der Waals surface area contributed by atoms with Gasteiger partial charge in [0.05, 0.1) is 5.71 Å². The van der Waals surface area contributed by atoms with E-state index in [1.54, 1.807) is 0 Å². The van der Waals surface area contributed by atoms with Gasteiger partial charge in [-0.15, -0.1) is 0 Å². The Morgan fingerprint density at radius 2 is 1.77 bits per heavy atom. The Kier molecular flexibility index (Phi) is 5.69. The molecule has 1 saturated heterocycles. The zero-order chi connectivity index (χ0) is 16.1. The van der Waals surface area contributed by atoms with Crippen molar-refractivity contribution in [1.82, 2.24) is 16.3 Å². The van der Waals surface area contributed by atoms with Crippen molar-refractivity contribution in [3.05, 3.63) is 35.4 Å². The van der Waals surface area contributed by atoms with E-state index in [1.165, 1.54) is 5.56 Å². The number of carbonyl (C=O) groups is 1. The Labute approximate surface area is 132 Å². The summed E-state index contributed by atoms with van der Waals surface area (Å²) in [6.45, 7) is 8.23. The van der Waals surface area contributed by atoms with Crippen LogP contribution in [-0.2, 0) is 4.79 Å². The Bertz CT molecular complexity index is 528. The minimum atomic E-state index is -0.0299. The van der Waals surface area contributed by atoms with Gasteiger partial charge >= 0.3 is 0 Å². The van der Waals surface area contributed by atoms with Gasteiger partial charge in [-0.25, -0.2) is 5.43 Å². The first-order chi connectivity index (χ1) is 10.5. The molecule has 0 saturated carbocycles. The lowest BCUT2D eigenvalue weighted by Crippen LogP contribution is -2.30. The molecule has 2 unspecified atom stereocenters. The lowest BCUT2D eigenvalue weighted by Gasteiger charge is -2.16. The molecule has 1 aromatic carbocycles. The number of hydrazine groups is 1. The van der Waals surface area contributed by atoms with Crippen molar-refractivity contribution < 1.29 is 4.79 Å². The van der Waals surface area contributed by atoms with Crippen molar-refractivity contribution in [2.45, 2.75) is 52.6 Å². The van der Waals surface area contributed by atoms with Crippen LogP contribution in [-0.4, -0.2) is 23.7 Å². The summed E-state index contributed by atoms with van der Waals surface area (Å²) in [5.41, 5.74) is 12.1. The van der Waals surface area contributed by atoms with Crippen molar-refractivity contribution in [2.75, 3.05) is 0 Å². The highest BCUT2D eigenvalue weighted by atomic mass is 16.2. The van der Waals surface area contributed by atoms with Crippen LogP contribution in [0, 0.1) is 12.8 Å². The SMILES string of the molecule is C/C(=N\NC(=O)CCC1C(C)NNC1C)c1ccc(C)cc1. The van der Waals surface area contributed by atoms with E-state index in [0.29, 0.717) is 24.4 Å². The fourth-order valence-electron chi connectivity index (χ4n) is 2.77. The van der Waals surface area contributed by atoms with Crippen LogP contribution in [0.2, 0.25) is 0 Å². The highest BCUT2D eigenvalue weighted by molar-refractivity contribution is 5.99. The Morgan fingerprint density at radius 3 is 2.36 bits per heavy atom. The first kappa shape index (κ1) is 16.6. The van der Waals surface area contributed by atoms with Crippen molar-refractivity contribution in [1.29, 1.82) is 0 Å². The van der Waals surface area contributed by atoms with E-state index in [1.807, 2.05) is 38.1 Å². The highest BCUT2D eigenvalue weighted by Gasteiger charge is 2.29. The highest BCUT2D eigenvalue weighted by Crippen LogP contribution is 2.19. The van der Waals surface area contributed by atoms with Gasteiger partial charge in [-0.3, -0.25) is 15.6 Å². The van der Waals surface area contributed by atoms with Gasteiger partial charge in [0.2, 0.25) is 5.91 Å². The average Bonchev–Trinajstić information content (AvgIpc) is 2.82. The van der Waals surface area contributed by atoms with E-state index in [-0.39, 0.29) is 5.91 Å². The van der Waals surface area contributed by atoms with E-state index >= 15 is 0 Å². The van der Waals surface area contributed by atoms with E-state index in [9.17, 15) is 4.79 Å².